The average molecular weight is 240 g/mol. The van der Waals surface area contributed by atoms with Crippen LogP contribution in [0.1, 0.15) is 18.9 Å². The molecule has 0 aliphatic carbocycles. The predicted octanol–water partition coefficient (Wildman–Crippen LogP) is 2.50. The van der Waals surface area contributed by atoms with E-state index in [0.717, 1.165) is 18.6 Å². The highest BCUT2D eigenvalue weighted by Crippen LogP contribution is 2.22. The summed E-state index contributed by atoms with van der Waals surface area (Å²) in [5.74, 6) is -1.28. The van der Waals surface area contributed by atoms with Crippen LogP contribution >= 0.6 is 0 Å². The molecule has 1 aliphatic rings. The minimum absolute atomic E-state index is 0.0406. The fourth-order valence-corrected chi connectivity index (χ4v) is 2.06. The van der Waals surface area contributed by atoms with Gasteiger partial charge in [0.05, 0.1) is 0 Å². The van der Waals surface area contributed by atoms with E-state index in [0.29, 0.717) is 6.61 Å². The van der Waals surface area contributed by atoms with Crippen molar-refractivity contribution in [3.8, 4) is 0 Å². The molecule has 1 heterocycles. The molecule has 0 saturated carbocycles. The van der Waals surface area contributed by atoms with Crippen LogP contribution in [0.15, 0.2) is 18.2 Å². The molecule has 2 atom stereocenters. The summed E-state index contributed by atoms with van der Waals surface area (Å²) in [6.07, 6.45) is 0.364. The van der Waals surface area contributed by atoms with Gasteiger partial charge >= 0.3 is 0 Å². The molecule has 0 bridgehead atoms. The van der Waals surface area contributed by atoms with Gasteiger partial charge < -0.3 is 4.74 Å². The van der Waals surface area contributed by atoms with Crippen LogP contribution in [0.4, 0.5) is 8.78 Å². The topological polar surface area (TPSA) is 26.3 Å². The molecule has 2 unspecified atom stereocenters. The van der Waals surface area contributed by atoms with E-state index in [-0.39, 0.29) is 23.7 Å². The third-order valence-corrected chi connectivity index (χ3v) is 3.08. The largest absolute Gasteiger partial charge is 0.370 e. The third kappa shape index (κ3) is 2.69. The summed E-state index contributed by atoms with van der Waals surface area (Å²) in [5, 5.41) is 0. The molecule has 0 radical (unpaired) electrons. The standard InChI is InChI=1S/C13H14F2O2/c1-8-4-5-17-13(8)12(16)6-9-2-3-10(14)7-11(9)15/h2-3,7-8,13H,4-6H2,1H3. The molecule has 1 fully saturated rings. The van der Waals surface area contributed by atoms with Crippen molar-refractivity contribution in [2.24, 2.45) is 5.92 Å². The maximum atomic E-state index is 13.4. The van der Waals surface area contributed by atoms with Gasteiger partial charge in [-0.1, -0.05) is 13.0 Å². The SMILES string of the molecule is CC1CCOC1C(=O)Cc1ccc(F)cc1F. The van der Waals surface area contributed by atoms with Crippen molar-refractivity contribution in [3.63, 3.8) is 0 Å². The number of Topliss-reactive ketones (excluding diaryl/α,β-unsaturated/α-hetero) is 1. The van der Waals surface area contributed by atoms with Crippen LogP contribution in [-0.2, 0) is 16.0 Å². The molecule has 2 nitrogen and oxygen atoms in total. The van der Waals surface area contributed by atoms with Crippen LogP contribution in [0.2, 0.25) is 0 Å². The quantitative estimate of drug-likeness (QED) is 0.811. The van der Waals surface area contributed by atoms with Gasteiger partial charge in [-0.2, -0.15) is 0 Å². The Morgan fingerprint density at radius 2 is 2.24 bits per heavy atom. The van der Waals surface area contributed by atoms with Crippen molar-refractivity contribution in [1.82, 2.24) is 0 Å². The highest BCUT2D eigenvalue weighted by molar-refractivity contribution is 5.85. The Morgan fingerprint density at radius 3 is 2.82 bits per heavy atom. The normalized spacial score (nSPS) is 23.9. The predicted molar refractivity (Wildman–Crippen MR) is 58.6 cm³/mol. The lowest BCUT2D eigenvalue weighted by atomic mass is 9.96. The van der Waals surface area contributed by atoms with E-state index in [1.165, 1.54) is 6.07 Å². The second-order valence-corrected chi connectivity index (χ2v) is 4.44. The monoisotopic (exact) mass is 240 g/mol. The summed E-state index contributed by atoms with van der Waals surface area (Å²) < 4.78 is 31.4. The molecule has 1 aliphatic heterocycles. The van der Waals surface area contributed by atoms with Gasteiger partial charge in [0.1, 0.15) is 17.7 Å². The number of hydrogen-bond donors (Lipinski definition) is 0. The van der Waals surface area contributed by atoms with Gasteiger partial charge in [-0.3, -0.25) is 4.79 Å². The van der Waals surface area contributed by atoms with Gasteiger partial charge in [0.25, 0.3) is 0 Å². The molecule has 4 heteroatoms. The number of carbonyl (C=O) groups excluding carboxylic acids is 1. The Bertz CT molecular complexity index is 431. The molecule has 1 saturated heterocycles. The zero-order valence-electron chi connectivity index (χ0n) is 9.58. The Kier molecular flexibility index (Phi) is 3.52. The summed E-state index contributed by atoms with van der Waals surface area (Å²) in [6, 6.07) is 3.26. The minimum atomic E-state index is -0.677. The van der Waals surface area contributed by atoms with E-state index < -0.39 is 17.7 Å². The van der Waals surface area contributed by atoms with Crippen molar-refractivity contribution in [2.45, 2.75) is 25.9 Å². The van der Waals surface area contributed by atoms with Gasteiger partial charge in [-0.05, 0) is 24.0 Å². The van der Waals surface area contributed by atoms with E-state index in [9.17, 15) is 13.6 Å². The van der Waals surface area contributed by atoms with Crippen molar-refractivity contribution in [2.75, 3.05) is 6.61 Å². The van der Waals surface area contributed by atoms with Crippen molar-refractivity contribution >= 4 is 5.78 Å². The number of benzene rings is 1. The van der Waals surface area contributed by atoms with Crippen LogP contribution in [0.3, 0.4) is 0 Å². The first-order valence-electron chi connectivity index (χ1n) is 5.66. The summed E-state index contributed by atoms with van der Waals surface area (Å²) in [5.41, 5.74) is 0.221. The average Bonchev–Trinajstić information content (AvgIpc) is 2.68. The Labute approximate surface area is 98.6 Å². The number of carbonyl (C=O) groups is 1. The molecular formula is C13H14F2O2. The molecule has 0 spiro atoms. The zero-order valence-corrected chi connectivity index (χ0v) is 9.58. The van der Waals surface area contributed by atoms with Gasteiger partial charge in [0.15, 0.2) is 5.78 Å². The van der Waals surface area contributed by atoms with Gasteiger partial charge in [0.2, 0.25) is 0 Å². The van der Waals surface area contributed by atoms with Crippen molar-refractivity contribution < 1.29 is 18.3 Å². The summed E-state index contributed by atoms with van der Waals surface area (Å²) in [6.45, 7) is 2.51. The summed E-state index contributed by atoms with van der Waals surface area (Å²) in [4.78, 5) is 11.9. The minimum Gasteiger partial charge on any atom is -0.370 e. The molecule has 1 aromatic rings. The van der Waals surface area contributed by atoms with Crippen molar-refractivity contribution in [3.05, 3.63) is 35.4 Å². The second kappa shape index (κ2) is 4.92. The lowest BCUT2D eigenvalue weighted by molar-refractivity contribution is -0.128. The van der Waals surface area contributed by atoms with Gasteiger partial charge in [-0.25, -0.2) is 8.78 Å². The molecule has 1 aromatic carbocycles. The number of ether oxygens (including phenoxy) is 1. The maximum absolute atomic E-state index is 13.4. The Balaban J connectivity index is 2.07. The van der Waals surface area contributed by atoms with Gasteiger partial charge in [-0.15, -0.1) is 0 Å². The maximum Gasteiger partial charge on any atom is 0.166 e. The first-order valence-corrected chi connectivity index (χ1v) is 5.66. The van der Waals surface area contributed by atoms with Gasteiger partial charge in [0, 0.05) is 19.1 Å². The molecule has 0 aromatic heterocycles. The van der Waals surface area contributed by atoms with Crippen molar-refractivity contribution in [1.29, 1.82) is 0 Å². The summed E-state index contributed by atoms with van der Waals surface area (Å²) >= 11 is 0. The van der Waals surface area contributed by atoms with E-state index in [1.54, 1.807) is 0 Å². The van der Waals surface area contributed by atoms with Crippen LogP contribution in [0.25, 0.3) is 0 Å². The van der Waals surface area contributed by atoms with Crippen LogP contribution in [0.5, 0.6) is 0 Å². The van der Waals surface area contributed by atoms with Crippen LogP contribution < -0.4 is 0 Å². The lowest BCUT2D eigenvalue weighted by Crippen LogP contribution is -2.27. The lowest BCUT2D eigenvalue weighted by Gasteiger charge is -2.13. The highest BCUT2D eigenvalue weighted by Gasteiger charge is 2.30. The molecular weight excluding hydrogens is 226 g/mol. The Morgan fingerprint density at radius 1 is 1.47 bits per heavy atom. The molecule has 0 N–H and O–H groups in total. The van der Waals surface area contributed by atoms with Crippen LogP contribution in [-0.4, -0.2) is 18.5 Å². The molecule has 2 rings (SSSR count). The fraction of sp³-hybridized carbons (Fsp3) is 0.462. The molecule has 92 valence electrons. The molecule has 0 amide bonds. The number of halogens is 2. The van der Waals surface area contributed by atoms with Crippen LogP contribution in [0, 0.1) is 17.6 Å². The first kappa shape index (κ1) is 12.2. The smallest absolute Gasteiger partial charge is 0.166 e. The zero-order chi connectivity index (χ0) is 12.4. The third-order valence-electron chi connectivity index (χ3n) is 3.08. The second-order valence-electron chi connectivity index (χ2n) is 4.44. The summed E-state index contributed by atoms with van der Waals surface area (Å²) in [7, 11) is 0. The van der Waals surface area contributed by atoms with E-state index in [2.05, 4.69) is 0 Å². The van der Waals surface area contributed by atoms with E-state index >= 15 is 0 Å². The number of rotatable bonds is 3. The first-order chi connectivity index (χ1) is 8.08. The van der Waals surface area contributed by atoms with E-state index in [1.807, 2.05) is 6.92 Å². The Hall–Kier alpha value is -1.29. The number of ketones is 1. The molecule has 17 heavy (non-hydrogen) atoms. The fourth-order valence-electron chi connectivity index (χ4n) is 2.06. The number of hydrogen-bond acceptors (Lipinski definition) is 2. The van der Waals surface area contributed by atoms with E-state index in [4.69, 9.17) is 4.74 Å². The highest BCUT2D eigenvalue weighted by atomic mass is 19.1.